The molecule has 0 aromatic carbocycles. The van der Waals surface area contributed by atoms with Crippen molar-refractivity contribution in [3.63, 3.8) is 0 Å². The molecule has 0 saturated heterocycles. The molecule has 0 unspecified atom stereocenters. The fraction of sp³-hybridized carbons (Fsp3) is 0.867. The van der Waals surface area contributed by atoms with Gasteiger partial charge >= 0.3 is 6.18 Å². The van der Waals surface area contributed by atoms with Crippen molar-refractivity contribution in [3.8, 4) is 0 Å². The monoisotopic (exact) mass is 368 g/mol. The van der Waals surface area contributed by atoms with Crippen LogP contribution < -0.4 is 5.73 Å². The Morgan fingerprint density at radius 2 is 1.79 bits per heavy atom. The van der Waals surface area contributed by atoms with Gasteiger partial charge in [0.15, 0.2) is 5.82 Å². The standard InChI is InChI=1S/C15H23F3N4O.ClH/c16-15(17,18)8-22-14(10-5-6-12(23)11(19)7-10)20-13(21-22)9-3-1-2-4-9;/h9-12,23H,1-8,19H2;1H/t10-,11+,12+;/m0./s1. The SMILES string of the molecule is Cl.N[C@@H]1C[C@@H](c2nc(C3CCCC3)nn2CC(F)(F)F)CC[C@H]1O. The molecule has 3 N–H and O–H groups in total. The van der Waals surface area contributed by atoms with E-state index in [0.29, 0.717) is 30.9 Å². The number of nitrogens with two attached hydrogens (primary N) is 1. The van der Waals surface area contributed by atoms with Crippen molar-refractivity contribution >= 4 is 12.4 Å². The van der Waals surface area contributed by atoms with E-state index in [1.807, 2.05) is 0 Å². The molecule has 2 fully saturated rings. The minimum absolute atomic E-state index is 0. The smallest absolute Gasteiger partial charge is 0.392 e. The van der Waals surface area contributed by atoms with Crippen LogP contribution in [-0.2, 0) is 6.54 Å². The van der Waals surface area contributed by atoms with Crippen molar-refractivity contribution in [2.45, 2.75) is 81.6 Å². The van der Waals surface area contributed by atoms with Gasteiger partial charge in [-0.15, -0.1) is 12.4 Å². The Morgan fingerprint density at radius 3 is 2.38 bits per heavy atom. The number of nitrogens with zero attached hydrogens (tertiary/aromatic N) is 3. The molecule has 5 nitrogen and oxygen atoms in total. The maximum atomic E-state index is 12.9. The molecular weight excluding hydrogens is 345 g/mol. The summed E-state index contributed by atoms with van der Waals surface area (Å²) in [5.41, 5.74) is 5.88. The molecular formula is C15H24ClF3N4O. The summed E-state index contributed by atoms with van der Waals surface area (Å²) in [7, 11) is 0. The summed E-state index contributed by atoms with van der Waals surface area (Å²) in [4.78, 5) is 4.47. The van der Waals surface area contributed by atoms with Gasteiger partial charge in [0.25, 0.3) is 0 Å². The highest BCUT2D eigenvalue weighted by Crippen LogP contribution is 2.36. The van der Waals surface area contributed by atoms with Gasteiger partial charge in [-0.3, -0.25) is 0 Å². The van der Waals surface area contributed by atoms with Crippen LogP contribution >= 0.6 is 12.4 Å². The third kappa shape index (κ3) is 4.40. The van der Waals surface area contributed by atoms with E-state index in [1.165, 1.54) is 0 Å². The first-order valence-electron chi connectivity index (χ1n) is 8.28. The number of hydrogen-bond acceptors (Lipinski definition) is 4. The van der Waals surface area contributed by atoms with Crippen molar-refractivity contribution in [2.75, 3.05) is 0 Å². The maximum Gasteiger partial charge on any atom is 0.408 e. The van der Waals surface area contributed by atoms with Crippen LogP contribution in [0.4, 0.5) is 13.2 Å². The summed E-state index contributed by atoms with van der Waals surface area (Å²) in [6.07, 6.45) is 0.658. The van der Waals surface area contributed by atoms with Gasteiger partial charge < -0.3 is 10.8 Å². The molecule has 0 bridgehead atoms. The molecule has 2 saturated carbocycles. The van der Waals surface area contributed by atoms with Crippen LogP contribution in [0.15, 0.2) is 0 Å². The van der Waals surface area contributed by atoms with Gasteiger partial charge in [0, 0.05) is 17.9 Å². The van der Waals surface area contributed by atoms with E-state index < -0.39 is 24.9 Å². The van der Waals surface area contributed by atoms with Crippen molar-refractivity contribution in [1.82, 2.24) is 14.8 Å². The zero-order chi connectivity index (χ0) is 16.6. The van der Waals surface area contributed by atoms with Gasteiger partial charge in [-0.2, -0.15) is 18.3 Å². The minimum Gasteiger partial charge on any atom is -0.392 e. The quantitative estimate of drug-likeness (QED) is 0.860. The summed E-state index contributed by atoms with van der Waals surface area (Å²) in [6.45, 7) is -1.11. The summed E-state index contributed by atoms with van der Waals surface area (Å²) >= 11 is 0. The molecule has 1 aromatic heterocycles. The Kier molecular flexibility index (Phi) is 6.14. The first kappa shape index (κ1) is 19.5. The second-order valence-electron chi connectivity index (χ2n) is 6.82. The van der Waals surface area contributed by atoms with Gasteiger partial charge in [0.05, 0.1) is 6.10 Å². The number of aromatic nitrogens is 3. The Balaban J connectivity index is 0.00000208. The van der Waals surface area contributed by atoms with Gasteiger partial charge in [-0.25, -0.2) is 9.67 Å². The van der Waals surface area contributed by atoms with Gasteiger partial charge in [0.2, 0.25) is 0 Å². The zero-order valence-electron chi connectivity index (χ0n) is 13.4. The molecule has 0 radical (unpaired) electrons. The van der Waals surface area contributed by atoms with E-state index in [4.69, 9.17) is 5.73 Å². The van der Waals surface area contributed by atoms with E-state index in [1.54, 1.807) is 0 Å². The van der Waals surface area contributed by atoms with E-state index in [9.17, 15) is 18.3 Å². The third-order valence-corrected chi connectivity index (χ3v) is 4.99. The molecule has 138 valence electrons. The topological polar surface area (TPSA) is 77.0 Å². The lowest BCUT2D eigenvalue weighted by Gasteiger charge is -2.30. The van der Waals surface area contributed by atoms with Crippen LogP contribution in [0.5, 0.6) is 0 Å². The Bertz CT molecular complexity index is 545. The van der Waals surface area contributed by atoms with Crippen molar-refractivity contribution < 1.29 is 18.3 Å². The van der Waals surface area contributed by atoms with Gasteiger partial charge in [0.1, 0.15) is 12.4 Å². The number of aliphatic hydroxyl groups excluding tert-OH is 1. The van der Waals surface area contributed by atoms with Gasteiger partial charge in [-0.1, -0.05) is 12.8 Å². The fourth-order valence-corrected chi connectivity index (χ4v) is 3.74. The van der Waals surface area contributed by atoms with Crippen LogP contribution in [-0.4, -0.2) is 38.2 Å². The zero-order valence-corrected chi connectivity index (χ0v) is 14.2. The van der Waals surface area contributed by atoms with E-state index >= 15 is 0 Å². The third-order valence-electron chi connectivity index (χ3n) is 4.99. The first-order valence-corrected chi connectivity index (χ1v) is 8.28. The molecule has 1 aromatic rings. The Labute approximate surface area is 145 Å². The largest absolute Gasteiger partial charge is 0.408 e. The summed E-state index contributed by atoms with van der Waals surface area (Å²) in [6, 6.07) is -0.417. The lowest BCUT2D eigenvalue weighted by Crippen LogP contribution is -2.40. The molecule has 2 aliphatic rings. The van der Waals surface area contributed by atoms with Crippen molar-refractivity contribution in [2.24, 2.45) is 5.73 Å². The normalized spacial score (nSPS) is 28.8. The highest BCUT2D eigenvalue weighted by molar-refractivity contribution is 5.85. The second-order valence-corrected chi connectivity index (χ2v) is 6.82. The summed E-state index contributed by atoms with van der Waals surface area (Å²) in [5, 5.41) is 13.9. The number of rotatable bonds is 3. The van der Waals surface area contributed by atoms with Crippen LogP contribution in [0.3, 0.4) is 0 Å². The average Bonchev–Trinajstić information content (AvgIpc) is 3.09. The average molecular weight is 369 g/mol. The molecule has 9 heteroatoms. The first-order chi connectivity index (χ1) is 10.8. The van der Waals surface area contributed by atoms with E-state index in [2.05, 4.69) is 10.1 Å². The second kappa shape index (κ2) is 7.58. The molecule has 0 amide bonds. The predicted octanol–water partition coefficient (Wildman–Crippen LogP) is 2.88. The molecule has 0 aliphatic heterocycles. The van der Waals surface area contributed by atoms with Crippen LogP contribution in [0.1, 0.15) is 68.4 Å². The highest BCUT2D eigenvalue weighted by Gasteiger charge is 2.36. The van der Waals surface area contributed by atoms with Crippen LogP contribution in [0.25, 0.3) is 0 Å². The molecule has 3 rings (SSSR count). The number of halogens is 4. The van der Waals surface area contributed by atoms with Crippen LogP contribution in [0.2, 0.25) is 0 Å². The van der Waals surface area contributed by atoms with Crippen molar-refractivity contribution in [3.05, 3.63) is 11.6 Å². The minimum atomic E-state index is -4.33. The molecule has 2 aliphatic carbocycles. The number of alkyl halides is 3. The molecule has 0 spiro atoms. The maximum absolute atomic E-state index is 12.9. The van der Waals surface area contributed by atoms with Crippen LogP contribution in [0, 0.1) is 0 Å². The summed E-state index contributed by atoms with van der Waals surface area (Å²) < 4.78 is 39.6. The molecule has 1 heterocycles. The molecule has 3 atom stereocenters. The predicted molar refractivity (Wildman–Crippen MR) is 85.1 cm³/mol. The number of hydrogen-bond donors (Lipinski definition) is 2. The number of aliphatic hydroxyl groups is 1. The highest BCUT2D eigenvalue weighted by atomic mass is 35.5. The van der Waals surface area contributed by atoms with E-state index in [-0.39, 0.29) is 24.2 Å². The molecule has 24 heavy (non-hydrogen) atoms. The van der Waals surface area contributed by atoms with Crippen molar-refractivity contribution in [1.29, 1.82) is 0 Å². The summed E-state index contributed by atoms with van der Waals surface area (Å²) in [5.74, 6) is 0.928. The lowest BCUT2D eigenvalue weighted by molar-refractivity contribution is -0.143. The van der Waals surface area contributed by atoms with Gasteiger partial charge in [-0.05, 0) is 32.1 Å². The Hall–Kier alpha value is -0.860. The van der Waals surface area contributed by atoms with E-state index in [0.717, 1.165) is 30.4 Å². The fourth-order valence-electron chi connectivity index (χ4n) is 3.74. The Morgan fingerprint density at radius 1 is 1.12 bits per heavy atom. The lowest BCUT2D eigenvalue weighted by atomic mass is 9.83.